The van der Waals surface area contributed by atoms with Gasteiger partial charge in [-0.2, -0.15) is 0 Å². The van der Waals surface area contributed by atoms with Crippen molar-refractivity contribution in [3.8, 4) is 0 Å². The van der Waals surface area contributed by atoms with Crippen LogP contribution in [0.5, 0.6) is 0 Å². The first-order valence-corrected chi connectivity index (χ1v) is 38.0. The Labute approximate surface area is 527 Å². The maximum atomic E-state index is 12.9. The lowest BCUT2D eigenvalue weighted by molar-refractivity contribution is -0.870. The Hall–Kier alpha value is -2.29. The number of hydrogen-bond acceptors (Lipinski definition) is 7. The van der Waals surface area contributed by atoms with Crippen LogP contribution < -0.4 is 0 Å². The second-order valence-corrected chi connectivity index (χ2v) is 27.4. The van der Waals surface area contributed by atoms with E-state index < -0.39 is 26.5 Å². The van der Waals surface area contributed by atoms with Crippen molar-refractivity contribution >= 4 is 19.8 Å². The fourth-order valence-electron chi connectivity index (χ4n) is 10.8. The lowest BCUT2D eigenvalue weighted by Gasteiger charge is -2.24. The lowest BCUT2D eigenvalue weighted by atomic mass is 10.0. The van der Waals surface area contributed by atoms with Crippen LogP contribution in [0.4, 0.5) is 0 Å². The van der Waals surface area contributed by atoms with Crippen LogP contribution >= 0.6 is 7.82 Å². The quantitative estimate of drug-likeness (QED) is 0.0211. The number of allylic oxidation sites excluding steroid dienone is 10. The zero-order valence-corrected chi connectivity index (χ0v) is 57.7. The largest absolute Gasteiger partial charge is 0.472 e. The van der Waals surface area contributed by atoms with Crippen LogP contribution in [0.2, 0.25) is 0 Å². The Morgan fingerprint density at radius 3 is 1.00 bits per heavy atom. The fraction of sp³-hybridized carbons (Fsp3) is 0.840. The van der Waals surface area contributed by atoms with Gasteiger partial charge < -0.3 is 18.9 Å². The molecule has 0 rings (SSSR count). The monoisotopic (exact) mass is 1220 g/mol. The third-order valence-electron chi connectivity index (χ3n) is 16.3. The van der Waals surface area contributed by atoms with E-state index in [1.165, 1.54) is 250 Å². The molecule has 0 aliphatic rings. The first kappa shape index (κ1) is 82.7. The third kappa shape index (κ3) is 70.7. The zero-order valence-electron chi connectivity index (χ0n) is 56.9. The number of likely N-dealkylation sites (N-methyl/N-ethyl adjacent to an activating group) is 1. The highest BCUT2D eigenvalue weighted by Crippen LogP contribution is 2.43. The summed E-state index contributed by atoms with van der Waals surface area (Å²) in [6, 6.07) is 0. The van der Waals surface area contributed by atoms with Gasteiger partial charge in [0.2, 0.25) is 0 Å². The SMILES string of the molecule is CC/C=C\C/C=C\C/C=C\C/C=C\C/C=C\CCCCCCCCCCCCCCCC(=O)OC(COC(=O)CCCCCCCCCCCCCCCCCCCCCCCCCCCCCCCCCC)COP(=O)(O)OCC[N+](C)(C)C. The number of carbonyl (C=O) groups is 2. The van der Waals surface area contributed by atoms with E-state index in [9.17, 15) is 19.0 Å². The van der Waals surface area contributed by atoms with E-state index in [2.05, 4.69) is 74.6 Å². The molecule has 2 atom stereocenters. The standard InChI is InChI=1S/C75H140NO8P/c1-6-8-10-12-14-16-18-20-22-24-26-28-30-32-34-36-37-38-40-41-43-45-47-49-51-53-55-57-59-61-63-65-67-74(77)81-71-73(72-83-85(79,80)82-70-69-76(3,4)5)84-75(78)68-66-64-62-60-58-56-54-52-50-48-46-44-42-39-35-33-31-29-27-25-23-21-19-17-15-13-11-9-7-2/h9,11,15,17,21,23,27,29,33,35,73H,6-8,10,12-14,16,18-20,22,24-26,28,30-32,34,36-72H2,1-5H3/p+1/b11-9-,17-15-,23-21-,29-27-,35-33-. The van der Waals surface area contributed by atoms with Crippen molar-refractivity contribution < 1.29 is 42.1 Å². The number of ether oxygens (including phenoxy) is 2. The van der Waals surface area contributed by atoms with Crippen molar-refractivity contribution in [2.75, 3.05) is 47.5 Å². The van der Waals surface area contributed by atoms with Gasteiger partial charge in [-0.1, -0.05) is 344 Å². The van der Waals surface area contributed by atoms with Gasteiger partial charge in [0.25, 0.3) is 0 Å². The minimum absolute atomic E-state index is 0.0321. The summed E-state index contributed by atoms with van der Waals surface area (Å²) in [6.07, 6.45) is 87.7. The molecule has 0 aromatic carbocycles. The first-order valence-electron chi connectivity index (χ1n) is 36.5. The highest BCUT2D eigenvalue weighted by molar-refractivity contribution is 7.47. The number of esters is 2. The summed E-state index contributed by atoms with van der Waals surface area (Å²) in [7, 11) is 1.49. The van der Waals surface area contributed by atoms with E-state index in [1.54, 1.807) is 0 Å². The molecular formula is C75H141NO8P+. The average Bonchev–Trinajstić information content (AvgIpc) is 3.50. The van der Waals surface area contributed by atoms with Gasteiger partial charge in [0, 0.05) is 12.8 Å². The number of unbranched alkanes of at least 4 members (excludes halogenated alkanes) is 44. The molecule has 0 aromatic rings. The summed E-state index contributed by atoms with van der Waals surface area (Å²) in [6.45, 7) is 4.38. The second-order valence-electron chi connectivity index (χ2n) is 26.0. The summed E-state index contributed by atoms with van der Waals surface area (Å²) in [5, 5.41) is 0. The number of phosphoric ester groups is 1. The zero-order chi connectivity index (χ0) is 61.9. The van der Waals surface area contributed by atoms with Crippen LogP contribution in [0.25, 0.3) is 0 Å². The van der Waals surface area contributed by atoms with Crippen LogP contribution in [0, 0.1) is 0 Å². The predicted octanol–water partition coefficient (Wildman–Crippen LogP) is 23.8. The molecule has 10 heteroatoms. The fourth-order valence-corrected chi connectivity index (χ4v) is 11.5. The van der Waals surface area contributed by atoms with Gasteiger partial charge in [-0.3, -0.25) is 18.6 Å². The number of carbonyl (C=O) groups excluding carboxylic acids is 2. The molecule has 498 valence electrons. The third-order valence-corrected chi connectivity index (χ3v) is 17.3. The molecule has 2 unspecified atom stereocenters. The number of phosphoric acid groups is 1. The smallest absolute Gasteiger partial charge is 0.462 e. The molecular weight excluding hydrogens is 1070 g/mol. The van der Waals surface area contributed by atoms with E-state index in [0.717, 1.165) is 70.6 Å². The van der Waals surface area contributed by atoms with Gasteiger partial charge in [-0.25, -0.2) is 4.57 Å². The number of quaternary nitrogens is 1. The Balaban J connectivity index is 3.98. The van der Waals surface area contributed by atoms with Crippen molar-refractivity contribution in [2.45, 2.75) is 360 Å². The highest BCUT2D eigenvalue weighted by Gasteiger charge is 2.27. The molecule has 85 heavy (non-hydrogen) atoms. The summed E-state index contributed by atoms with van der Waals surface area (Å²) in [5.41, 5.74) is 0. The second kappa shape index (κ2) is 66.1. The molecule has 0 amide bonds. The molecule has 0 saturated carbocycles. The highest BCUT2D eigenvalue weighted by atomic mass is 31.2. The molecule has 0 saturated heterocycles. The molecule has 1 N–H and O–H groups in total. The Morgan fingerprint density at radius 2 is 0.671 bits per heavy atom. The molecule has 0 heterocycles. The van der Waals surface area contributed by atoms with Crippen molar-refractivity contribution in [3.63, 3.8) is 0 Å². The minimum Gasteiger partial charge on any atom is -0.462 e. The van der Waals surface area contributed by atoms with Crippen LogP contribution in [-0.2, 0) is 32.7 Å². The van der Waals surface area contributed by atoms with Gasteiger partial charge >= 0.3 is 19.8 Å². The number of hydrogen-bond donors (Lipinski definition) is 1. The molecule has 0 spiro atoms. The summed E-state index contributed by atoms with van der Waals surface area (Å²) in [5.74, 6) is -0.782. The first-order chi connectivity index (χ1) is 41.5. The normalized spacial score (nSPS) is 13.4. The van der Waals surface area contributed by atoms with E-state index >= 15 is 0 Å². The van der Waals surface area contributed by atoms with E-state index in [0.29, 0.717) is 23.9 Å². The molecule has 0 aliphatic carbocycles. The maximum Gasteiger partial charge on any atom is 0.472 e. The van der Waals surface area contributed by atoms with Gasteiger partial charge in [0.15, 0.2) is 6.10 Å². The van der Waals surface area contributed by atoms with Crippen LogP contribution in [0.15, 0.2) is 60.8 Å². The molecule has 0 fully saturated rings. The Kier molecular flexibility index (Phi) is 64.4. The summed E-state index contributed by atoms with van der Waals surface area (Å²) in [4.78, 5) is 35.9. The minimum atomic E-state index is -4.39. The molecule has 0 aromatic heterocycles. The van der Waals surface area contributed by atoms with Gasteiger partial charge in [-0.05, 0) is 57.8 Å². The van der Waals surface area contributed by atoms with E-state index in [1.807, 2.05) is 21.1 Å². The van der Waals surface area contributed by atoms with Crippen molar-refractivity contribution in [2.24, 2.45) is 0 Å². The molecule has 0 aliphatic heterocycles. The van der Waals surface area contributed by atoms with Crippen LogP contribution in [0.1, 0.15) is 354 Å². The summed E-state index contributed by atoms with van der Waals surface area (Å²) < 4.78 is 34.8. The van der Waals surface area contributed by atoms with Gasteiger partial charge in [0.1, 0.15) is 19.8 Å². The van der Waals surface area contributed by atoms with Crippen LogP contribution in [-0.4, -0.2) is 74.9 Å². The topological polar surface area (TPSA) is 108 Å². The van der Waals surface area contributed by atoms with Gasteiger partial charge in [0.05, 0.1) is 27.7 Å². The predicted molar refractivity (Wildman–Crippen MR) is 367 cm³/mol. The number of nitrogens with zero attached hydrogens (tertiary/aromatic N) is 1. The molecule has 0 bridgehead atoms. The summed E-state index contributed by atoms with van der Waals surface area (Å²) >= 11 is 0. The van der Waals surface area contributed by atoms with Crippen molar-refractivity contribution in [1.82, 2.24) is 0 Å². The van der Waals surface area contributed by atoms with Crippen molar-refractivity contribution in [3.05, 3.63) is 60.8 Å². The lowest BCUT2D eigenvalue weighted by Crippen LogP contribution is -2.37. The Morgan fingerprint density at radius 1 is 0.376 bits per heavy atom. The van der Waals surface area contributed by atoms with E-state index in [-0.39, 0.29) is 25.6 Å². The molecule has 0 radical (unpaired) electrons. The Bertz CT molecular complexity index is 1620. The van der Waals surface area contributed by atoms with Gasteiger partial charge in [-0.15, -0.1) is 0 Å². The van der Waals surface area contributed by atoms with Crippen LogP contribution in [0.3, 0.4) is 0 Å². The van der Waals surface area contributed by atoms with Crippen molar-refractivity contribution in [1.29, 1.82) is 0 Å². The average molecular weight is 1220 g/mol. The van der Waals surface area contributed by atoms with E-state index in [4.69, 9.17) is 18.5 Å². The molecule has 9 nitrogen and oxygen atoms in total. The maximum absolute atomic E-state index is 12.9. The number of rotatable bonds is 68.